The lowest BCUT2D eigenvalue weighted by Gasteiger charge is -2.28. The standard InChI is InChI=1S/C23H23FN2O3S/c1-14-10-11-18(17(24)12-14)25-21(27)13-29-23(28)16-7-3-2-6-15(16)22-26-19-8-4-5-9-20(19)30-22/h4-5,8-12,15-16H,2-3,6-7,13H2,1H3,(H,25,27). The van der Waals surface area contributed by atoms with Gasteiger partial charge >= 0.3 is 5.97 Å². The van der Waals surface area contributed by atoms with Crippen LogP contribution in [0.15, 0.2) is 42.5 Å². The molecule has 1 N–H and O–H groups in total. The van der Waals surface area contributed by atoms with E-state index in [1.807, 2.05) is 24.3 Å². The normalized spacial score (nSPS) is 18.9. The van der Waals surface area contributed by atoms with E-state index in [0.717, 1.165) is 40.1 Å². The van der Waals surface area contributed by atoms with Crippen LogP contribution in [0.2, 0.25) is 0 Å². The maximum Gasteiger partial charge on any atom is 0.310 e. The van der Waals surface area contributed by atoms with Gasteiger partial charge in [-0.05, 0) is 49.6 Å². The molecule has 1 amide bonds. The minimum Gasteiger partial charge on any atom is -0.455 e. The number of anilines is 1. The van der Waals surface area contributed by atoms with Crippen molar-refractivity contribution in [2.45, 2.75) is 38.5 Å². The summed E-state index contributed by atoms with van der Waals surface area (Å²) in [6, 6.07) is 12.5. The molecule has 0 aliphatic heterocycles. The number of benzene rings is 2. The molecule has 1 aromatic heterocycles. The number of nitrogens with one attached hydrogen (secondary N) is 1. The smallest absolute Gasteiger partial charge is 0.310 e. The number of aryl methyl sites for hydroxylation is 1. The second-order valence-electron chi connectivity index (χ2n) is 7.66. The average molecular weight is 427 g/mol. The third-order valence-electron chi connectivity index (χ3n) is 5.44. The van der Waals surface area contributed by atoms with Gasteiger partial charge in [0, 0.05) is 5.92 Å². The van der Waals surface area contributed by atoms with E-state index in [4.69, 9.17) is 9.72 Å². The van der Waals surface area contributed by atoms with Crippen molar-refractivity contribution in [1.82, 2.24) is 4.98 Å². The molecule has 0 saturated heterocycles. The van der Waals surface area contributed by atoms with E-state index in [2.05, 4.69) is 5.32 Å². The SMILES string of the molecule is Cc1ccc(NC(=O)COC(=O)C2CCCCC2c2nc3ccccc3s2)c(F)c1. The topological polar surface area (TPSA) is 68.3 Å². The molecule has 5 nitrogen and oxygen atoms in total. The Labute approximate surface area is 178 Å². The third-order valence-corrected chi connectivity index (χ3v) is 6.61. The Morgan fingerprint density at radius 1 is 1.20 bits per heavy atom. The number of halogens is 1. The molecule has 1 aliphatic rings. The Bertz CT molecular complexity index is 1050. The van der Waals surface area contributed by atoms with Gasteiger partial charge in [-0.1, -0.05) is 31.0 Å². The fourth-order valence-electron chi connectivity index (χ4n) is 3.91. The fourth-order valence-corrected chi connectivity index (χ4v) is 5.08. The molecule has 156 valence electrons. The van der Waals surface area contributed by atoms with Gasteiger partial charge in [0.05, 0.1) is 26.8 Å². The summed E-state index contributed by atoms with van der Waals surface area (Å²) in [6.45, 7) is 1.33. The summed E-state index contributed by atoms with van der Waals surface area (Å²) in [6.07, 6.45) is 3.58. The lowest BCUT2D eigenvalue weighted by molar-refractivity contribution is -0.153. The number of fused-ring (bicyclic) bond motifs is 1. The summed E-state index contributed by atoms with van der Waals surface area (Å²) < 4.78 is 20.3. The summed E-state index contributed by atoms with van der Waals surface area (Å²) in [5, 5.41) is 3.40. The predicted molar refractivity (Wildman–Crippen MR) is 115 cm³/mol. The molecule has 7 heteroatoms. The van der Waals surface area contributed by atoms with Gasteiger partial charge in [-0.3, -0.25) is 9.59 Å². The number of carbonyl (C=O) groups excluding carboxylic acids is 2. The van der Waals surface area contributed by atoms with Crippen LogP contribution >= 0.6 is 11.3 Å². The van der Waals surface area contributed by atoms with Gasteiger partial charge in [0.2, 0.25) is 0 Å². The van der Waals surface area contributed by atoms with Gasteiger partial charge in [0.1, 0.15) is 5.82 Å². The maximum absolute atomic E-state index is 13.9. The third kappa shape index (κ3) is 4.51. The highest BCUT2D eigenvalue weighted by molar-refractivity contribution is 7.18. The van der Waals surface area contributed by atoms with E-state index >= 15 is 0 Å². The van der Waals surface area contributed by atoms with E-state index in [9.17, 15) is 14.0 Å². The first kappa shape index (κ1) is 20.5. The molecule has 2 atom stereocenters. The number of aromatic nitrogens is 1. The Morgan fingerprint density at radius 2 is 2.00 bits per heavy atom. The first-order valence-corrected chi connectivity index (χ1v) is 10.9. The van der Waals surface area contributed by atoms with Gasteiger partial charge in [-0.15, -0.1) is 11.3 Å². The summed E-state index contributed by atoms with van der Waals surface area (Å²) >= 11 is 1.61. The molecular formula is C23H23FN2O3S. The van der Waals surface area contributed by atoms with Crippen molar-refractivity contribution in [3.63, 3.8) is 0 Å². The van der Waals surface area contributed by atoms with Crippen LogP contribution in [0.25, 0.3) is 10.2 Å². The average Bonchev–Trinajstić information content (AvgIpc) is 3.18. The lowest BCUT2D eigenvalue weighted by atomic mass is 9.79. The Kier molecular flexibility index (Phi) is 6.08. The molecular weight excluding hydrogens is 403 g/mol. The summed E-state index contributed by atoms with van der Waals surface area (Å²) in [4.78, 5) is 29.6. The summed E-state index contributed by atoms with van der Waals surface area (Å²) in [5.41, 5.74) is 1.77. The summed E-state index contributed by atoms with van der Waals surface area (Å²) in [5.74, 6) is -1.78. The minimum atomic E-state index is -0.557. The molecule has 1 aliphatic carbocycles. The van der Waals surface area contributed by atoms with Crippen molar-refractivity contribution in [3.05, 3.63) is 58.9 Å². The first-order chi connectivity index (χ1) is 14.5. The zero-order valence-electron chi connectivity index (χ0n) is 16.7. The van der Waals surface area contributed by atoms with Crippen LogP contribution in [0.1, 0.15) is 42.2 Å². The van der Waals surface area contributed by atoms with E-state index in [-0.39, 0.29) is 17.5 Å². The maximum atomic E-state index is 13.9. The lowest BCUT2D eigenvalue weighted by Crippen LogP contribution is -2.30. The highest BCUT2D eigenvalue weighted by Crippen LogP contribution is 2.41. The summed E-state index contributed by atoms with van der Waals surface area (Å²) in [7, 11) is 0. The van der Waals surface area contributed by atoms with Crippen molar-refractivity contribution in [2.24, 2.45) is 5.92 Å². The Morgan fingerprint density at radius 3 is 2.80 bits per heavy atom. The van der Waals surface area contributed by atoms with Crippen LogP contribution in [0.3, 0.4) is 0 Å². The van der Waals surface area contributed by atoms with Crippen molar-refractivity contribution in [1.29, 1.82) is 0 Å². The number of hydrogen-bond donors (Lipinski definition) is 1. The quantitative estimate of drug-likeness (QED) is 0.570. The predicted octanol–water partition coefficient (Wildman–Crippen LogP) is 5.20. The number of rotatable bonds is 5. The van der Waals surface area contributed by atoms with Crippen LogP contribution in [0, 0.1) is 18.7 Å². The van der Waals surface area contributed by atoms with Crippen LogP contribution in [-0.2, 0) is 14.3 Å². The van der Waals surface area contributed by atoms with Gasteiger partial charge in [-0.25, -0.2) is 9.37 Å². The van der Waals surface area contributed by atoms with E-state index < -0.39 is 24.3 Å². The van der Waals surface area contributed by atoms with Crippen LogP contribution in [-0.4, -0.2) is 23.5 Å². The largest absolute Gasteiger partial charge is 0.455 e. The number of amides is 1. The molecule has 0 bridgehead atoms. The molecule has 0 radical (unpaired) electrons. The number of esters is 1. The molecule has 1 heterocycles. The molecule has 2 aromatic carbocycles. The van der Waals surface area contributed by atoms with Crippen molar-refractivity contribution in [2.75, 3.05) is 11.9 Å². The van der Waals surface area contributed by atoms with Gasteiger partial charge in [0.15, 0.2) is 6.61 Å². The first-order valence-electron chi connectivity index (χ1n) is 10.1. The minimum absolute atomic E-state index is 0.00116. The molecule has 1 fully saturated rings. The van der Waals surface area contributed by atoms with Crippen LogP contribution < -0.4 is 5.32 Å². The number of carbonyl (C=O) groups is 2. The van der Waals surface area contributed by atoms with Crippen molar-refractivity contribution < 1.29 is 18.7 Å². The van der Waals surface area contributed by atoms with Crippen molar-refractivity contribution >= 4 is 39.1 Å². The molecule has 1 saturated carbocycles. The second-order valence-corrected chi connectivity index (χ2v) is 8.72. The Hall–Kier alpha value is -2.80. The highest BCUT2D eigenvalue weighted by Gasteiger charge is 2.35. The zero-order chi connectivity index (χ0) is 21.1. The van der Waals surface area contributed by atoms with Crippen LogP contribution in [0.5, 0.6) is 0 Å². The fraction of sp³-hybridized carbons (Fsp3) is 0.348. The number of para-hydroxylation sites is 1. The van der Waals surface area contributed by atoms with Crippen LogP contribution in [0.4, 0.5) is 10.1 Å². The highest BCUT2D eigenvalue weighted by atomic mass is 32.1. The van der Waals surface area contributed by atoms with Crippen molar-refractivity contribution in [3.8, 4) is 0 Å². The molecule has 4 rings (SSSR count). The van der Waals surface area contributed by atoms with Gasteiger partial charge < -0.3 is 10.1 Å². The monoisotopic (exact) mass is 426 g/mol. The Balaban J connectivity index is 1.40. The number of thiazole rings is 1. The second kappa shape index (κ2) is 8.92. The van der Waals surface area contributed by atoms with E-state index in [1.165, 1.54) is 12.1 Å². The molecule has 30 heavy (non-hydrogen) atoms. The molecule has 2 unspecified atom stereocenters. The van der Waals surface area contributed by atoms with E-state index in [0.29, 0.717) is 6.42 Å². The number of ether oxygens (including phenoxy) is 1. The van der Waals surface area contributed by atoms with E-state index in [1.54, 1.807) is 24.3 Å². The molecule has 3 aromatic rings. The van der Waals surface area contributed by atoms with Gasteiger partial charge in [0.25, 0.3) is 5.91 Å². The van der Waals surface area contributed by atoms with Gasteiger partial charge in [-0.2, -0.15) is 0 Å². The molecule has 0 spiro atoms. The zero-order valence-corrected chi connectivity index (χ0v) is 17.5. The number of hydrogen-bond acceptors (Lipinski definition) is 5. The number of nitrogens with zero attached hydrogens (tertiary/aromatic N) is 1.